The fourth-order valence-corrected chi connectivity index (χ4v) is 1.82. The Morgan fingerprint density at radius 3 is 2.22 bits per heavy atom. The third-order valence-corrected chi connectivity index (χ3v) is 3.05. The molecule has 120 valence electrons. The predicted molar refractivity (Wildman–Crippen MR) is 75.6 cm³/mol. The van der Waals surface area contributed by atoms with Crippen molar-refractivity contribution in [3.05, 3.63) is 64.4 Å². The van der Waals surface area contributed by atoms with Crippen LogP contribution in [0.25, 0.3) is 0 Å². The Bertz CT molecular complexity index is 733. The highest BCUT2D eigenvalue weighted by Crippen LogP contribution is 2.27. The van der Waals surface area contributed by atoms with Gasteiger partial charge in [-0.3, -0.25) is 25.4 Å². The second-order valence-electron chi connectivity index (χ2n) is 4.32. The van der Waals surface area contributed by atoms with Crippen molar-refractivity contribution in [2.75, 3.05) is 0 Å². The molecule has 2 N–H and O–H groups in total. The third-order valence-electron chi connectivity index (χ3n) is 2.72. The Kier molecular flexibility index (Phi) is 4.85. The molecular weight excluding hydrogens is 335 g/mol. The van der Waals surface area contributed by atoms with E-state index in [0.717, 1.165) is 12.3 Å². The van der Waals surface area contributed by atoms with Crippen LogP contribution in [0.5, 0.6) is 0 Å². The number of hydrazine groups is 1. The van der Waals surface area contributed by atoms with E-state index < -0.39 is 23.7 Å². The summed E-state index contributed by atoms with van der Waals surface area (Å²) in [6.07, 6.45) is -3.83. The molecule has 0 aliphatic carbocycles. The highest BCUT2D eigenvalue weighted by molar-refractivity contribution is 6.33. The number of rotatable bonds is 2. The van der Waals surface area contributed by atoms with Gasteiger partial charge >= 0.3 is 6.18 Å². The number of pyridine rings is 1. The lowest BCUT2D eigenvalue weighted by molar-refractivity contribution is -0.141. The standard InChI is InChI=1S/C14H9ClF3N3O2/c15-10-4-2-1-3-9(10)13(23)21-20-12(22)8-5-6-11(19-7-8)14(16,17)18/h1-7H,(H,20,22)(H,21,23). The average molecular weight is 344 g/mol. The maximum atomic E-state index is 12.4. The van der Waals surface area contributed by atoms with Gasteiger partial charge in [-0.15, -0.1) is 0 Å². The van der Waals surface area contributed by atoms with Crippen LogP contribution in [0.2, 0.25) is 5.02 Å². The third kappa shape index (κ3) is 4.19. The molecule has 2 rings (SSSR count). The maximum Gasteiger partial charge on any atom is 0.433 e. The van der Waals surface area contributed by atoms with Gasteiger partial charge in [0, 0.05) is 6.20 Å². The van der Waals surface area contributed by atoms with E-state index in [9.17, 15) is 22.8 Å². The molecule has 1 heterocycles. The van der Waals surface area contributed by atoms with Crippen molar-refractivity contribution >= 4 is 23.4 Å². The average Bonchev–Trinajstić information content (AvgIpc) is 2.52. The summed E-state index contributed by atoms with van der Waals surface area (Å²) < 4.78 is 37.1. The highest BCUT2D eigenvalue weighted by Gasteiger charge is 2.32. The number of hydrogen-bond donors (Lipinski definition) is 2. The van der Waals surface area contributed by atoms with E-state index in [1.54, 1.807) is 12.1 Å². The molecule has 2 amide bonds. The number of nitrogens with zero attached hydrogens (tertiary/aromatic N) is 1. The number of nitrogens with one attached hydrogen (secondary N) is 2. The van der Waals surface area contributed by atoms with E-state index in [2.05, 4.69) is 15.8 Å². The SMILES string of the molecule is O=C(NNC(=O)c1ccccc1Cl)c1ccc(C(F)(F)F)nc1. The van der Waals surface area contributed by atoms with Crippen LogP contribution in [0.15, 0.2) is 42.6 Å². The summed E-state index contributed by atoms with van der Waals surface area (Å²) in [5.41, 5.74) is 3.06. The molecule has 0 spiro atoms. The van der Waals surface area contributed by atoms with Gasteiger partial charge in [-0.2, -0.15) is 13.2 Å². The van der Waals surface area contributed by atoms with Crippen LogP contribution >= 0.6 is 11.6 Å². The summed E-state index contributed by atoms with van der Waals surface area (Å²) in [5, 5.41) is 0.190. The van der Waals surface area contributed by atoms with Gasteiger partial charge in [0.1, 0.15) is 5.69 Å². The highest BCUT2D eigenvalue weighted by atomic mass is 35.5. The monoisotopic (exact) mass is 343 g/mol. The van der Waals surface area contributed by atoms with Crippen LogP contribution in [-0.2, 0) is 6.18 Å². The maximum absolute atomic E-state index is 12.4. The number of amides is 2. The predicted octanol–water partition coefficient (Wildman–Crippen LogP) is 2.83. The Morgan fingerprint density at radius 1 is 1.00 bits per heavy atom. The second-order valence-corrected chi connectivity index (χ2v) is 4.73. The lowest BCUT2D eigenvalue weighted by Crippen LogP contribution is -2.41. The largest absolute Gasteiger partial charge is 0.433 e. The first kappa shape index (κ1) is 16.8. The molecule has 0 bridgehead atoms. The Labute approximate surface area is 133 Å². The van der Waals surface area contributed by atoms with Gasteiger partial charge in [-0.1, -0.05) is 23.7 Å². The number of halogens is 4. The molecule has 0 radical (unpaired) electrons. The summed E-state index contributed by atoms with van der Waals surface area (Å²) in [6.45, 7) is 0. The summed E-state index contributed by atoms with van der Waals surface area (Å²) in [7, 11) is 0. The van der Waals surface area contributed by atoms with E-state index in [0.29, 0.717) is 6.07 Å². The van der Waals surface area contributed by atoms with Crippen molar-refractivity contribution in [1.82, 2.24) is 15.8 Å². The molecule has 9 heteroatoms. The summed E-state index contributed by atoms with van der Waals surface area (Å²) in [4.78, 5) is 26.7. The number of aromatic nitrogens is 1. The van der Waals surface area contributed by atoms with Gasteiger partial charge in [0.2, 0.25) is 0 Å². The minimum Gasteiger partial charge on any atom is -0.267 e. The molecular formula is C14H9ClF3N3O2. The number of carbonyl (C=O) groups is 2. The van der Waals surface area contributed by atoms with Crippen molar-refractivity contribution in [2.45, 2.75) is 6.18 Å². The van der Waals surface area contributed by atoms with Crippen LogP contribution in [0.4, 0.5) is 13.2 Å². The van der Waals surface area contributed by atoms with E-state index >= 15 is 0 Å². The molecule has 0 saturated carbocycles. The van der Waals surface area contributed by atoms with E-state index in [1.807, 2.05) is 0 Å². The smallest absolute Gasteiger partial charge is 0.267 e. The van der Waals surface area contributed by atoms with Crippen LogP contribution < -0.4 is 10.9 Å². The van der Waals surface area contributed by atoms with Gasteiger partial charge in [-0.25, -0.2) is 0 Å². The molecule has 1 aromatic heterocycles. The van der Waals surface area contributed by atoms with Crippen LogP contribution in [0, 0.1) is 0 Å². The van der Waals surface area contributed by atoms with Gasteiger partial charge in [-0.05, 0) is 24.3 Å². The van der Waals surface area contributed by atoms with Crippen LogP contribution in [-0.4, -0.2) is 16.8 Å². The van der Waals surface area contributed by atoms with Crippen molar-refractivity contribution < 1.29 is 22.8 Å². The Balaban J connectivity index is 2.00. The van der Waals surface area contributed by atoms with Crippen molar-refractivity contribution in [3.63, 3.8) is 0 Å². The molecule has 0 aliphatic heterocycles. The molecule has 0 fully saturated rings. The van der Waals surface area contributed by atoms with E-state index in [4.69, 9.17) is 11.6 Å². The fourth-order valence-electron chi connectivity index (χ4n) is 1.59. The zero-order chi connectivity index (χ0) is 17.0. The van der Waals surface area contributed by atoms with Gasteiger partial charge in [0.15, 0.2) is 0 Å². The zero-order valence-electron chi connectivity index (χ0n) is 11.3. The second kappa shape index (κ2) is 6.66. The molecule has 5 nitrogen and oxygen atoms in total. The minimum absolute atomic E-state index is 0.139. The fraction of sp³-hybridized carbons (Fsp3) is 0.0714. The van der Waals surface area contributed by atoms with Crippen LogP contribution in [0.1, 0.15) is 26.4 Å². The number of hydrogen-bond acceptors (Lipinski definition) is 3. The first-order chi connectivity index (χ1) is 10.8. The summed E-state index contributed by atoms with van der Waals surface area (Å²) in [6, 6.07) is 7.78. The lowest BCUT2D eigenvalue weighted by Gasteiger charge is -2.09. The topological polar surface area (TPSA) is 71.1 Å². The zero-order valence-corrected chi connectivity index (χ0v) is 12.1. The lowest BCUT2D eigenvalue weighted by atomic mass is 10.2. The molecule has 1 aromatic carbocycles. The molecule has 23 heavy (non-hydrogen) atoms. The summed E-state index contributed by atoms with van der Waals surface area (Å²) in [5.74, 6) is -1.48. The molecule has 2 aromatic rings. The Hall–Kier alpha value is -2.61. The van der Waals surface area contributed by atoms with E-state index in [-0.39, 0.29) is 16.1 Å². The number of benzene rings is 1. The van der Waals surface area contributed by atoms with Crippen molar-refractivity contribution in [1.29, 1.82) is 0 Å². The number of alkyl halides is 3. The van der Waals surface area contributed by atoms with Gasteiger partial charge < -0.3 is 0 Å². The Morgan fingerprint density at radius 2 is 1.65 bits per heavy atom. The summed E-state index contributed by atoms with van der Waals surface area (Å²) >= 11 is 5.82. The van der Waals surface area contributed by atoms with E-state index in [1.165, 1.54) is 12.1 Å². The molecule has 0 unspecified atom stereocenters. The first-order valence-electron chi connectivity index (χ1n) is 6.17. The van der Waals surface area contributed by atoms with Crippen LogP contribution in [0.3, 0.4) is 0 Å². The van der Waals surface area contributed by atoms with Gasteiger partial charge in [0.05, 0.1) is 16.1 Å². The minimum atomic E-state index is -4.59. The normalized spacial score (nSPS) is 11.0. The van der Waals surface area contributed by atoms with Crippen molar-refractivity contribution in [2.24, 2.45) is 0 Å². The molecule has 0 aliphatic rings. The van der Waals surface area contributed by atoms with Gasteiger partial charge in [0.25, 0.3) is 11.8 Å². The first-order valence-corrected chi connectivity index (χ1v) is 6.55. The van der Waals surface area contributed by atoms with Crippen molar-refractivity contribution in [3.8, 4) is 0 Å². The quantitative estimate of drug-likeness (QED) is 0.824. The molecule has 0 saturated heterocycles. The molecule has 0 atom stereocenters. The number of carbonyl (C=O) groups excluding carboxylic acids is 2.